The van der Waals surface area contributed by atoms with E-state index in [1.807, 2.05) is 13.8 Å². The van der Waals surface area contributed by atoms with Crippen LogP contribution in [0.1, 0.15) is 41.5 Å². The summed E-state index contributed by atoms with van der Waals surface area (Å²) in [6.07, 6.45) is 0.322. The molecule has 0 aromatic rings. The molecule has 0 aromatic carbocycles. The Kier molecular flexibility index (Phi) is 10.2. The van der Waals surface area contributed by atoms with Gasteiger partial charge in [-0.25, -0.2) is 0 Å². The molecule has 0 aliphatic heterocycles. The predicted octanol–water partition coefficient (Wildman–Crippen LogP) is 2.64. The van der Waals surface area contributed by atoms with E-state index in [1.165, 1.54) is 0 Å². The van der Waals surface area contributed by atoms with Gasteiger partial charge < -0.3 is 9.47 Å². The summed E-state index contributed by atoms with van der Waals surface area (Å²) in [5.74, 6) is 0.333. The van der Waals surface area contributed by atoms with Crippen LogP contribution in [-0.2, 0) is 14.3 Å². The summed E-state index contributed by atoms with van der Waals surface area (Å²) in [6, 6.07) is 0. The Labute approximate surface area is 87.8 Å². The molecule has 0 fully saturated rings. The topological polar surface area (TPSA) is 35.5 Å². The van der Waals surface area contributed by atoms with Crippen molar-refractivity contribution in [3.63, 3.8) is 0 Å². The van der Waals surface area contributed by atoms with Gasteiger partial charge in [0.25, 0.3) is 0 Å². The first-order chi connectivity index (χ1) is 6.02. The Morgan fingerprint density at radius 2 is 1.79 bits per heavy atom. The van der Waals surface area contributed by atoms with Crippen LogP contribution < -0.4 is 0 Å². The van der Waals surface area contributed by atoms with Gasteiger partial charge in [-0.05, 0) is 19.8 Å². The third kappa shape index (κ3) is 11.4. The van der Waals surface area contributed by atoms with Gasteiger partial charge >= 0.3 is 5.97 Å². The third-order valence-electron chi connectivity index (χ3n) is 1.27. The van der Waals surface area contributed by atoms with E-state index >= 15 is 0 Å². The van der Waals surface area contributed by atoms with Crippen LogP contribution in [0, 0.1) is 5.92 Å². The molecule has 0 amide bonds. The minimum atomic E-state index is -0.182. The fraction of sp³-hybridized carbons (Fsp3) is 0.909. The standard InChI is InChI=1S/C10H20O3.CH4/c1-8(2)7-12-6-5-10(11)13-9(3)4;/h8-9H,5-7H2,1-4H3;1H4. The molecule has 0 rings (SSSR count). The lowest BCUT2D eigenvalue weighted by Gasteiger charge is -2.08. The number of ether oxygens (including phenoxy) is 2. The molecule has 14 heavy (non-hydrogen) atoms. The van der Waals surface area contributed by atoms with Crippen molar-refractivity contribution < 1.29 is 14.3 Å². The molecule has 0 N–H and O–H groups in total. The van der Waals surface area contributed by atoms with E-state index in [0.717, 1.165) is 0 Å². The summed E-state index contributed by atoms with van der Waals surface area (Å²) >= 11 is 0. The van der Waals surface area contributed by atoms with Gasteiger partial charge in [-0.1, -0.05) is 21.3 Å². The molecular weight excluding hydrogens is 180 g/mol. The smallest absolute Gasteiger partial charge is 0.308 e. The number of carbonyl (C=O) groups excluding carboxylic acids is 1. The van der Waals surface area contributed by atoms with E-state index in [-0.39, 0.29) is 19.5 Å². The fourth-order valence-corrected chi connectivity index (χ4v) is 0.796. The number of hydrogen-bond donors (Lipinski definition) is 0. The van der Waals surface area contributed by atoms with E-state index in [4.69, 9.17) is 9.47 Å². The second-order valence-electron chi connectivity index (χ2n) is 3.76. The van der Waals surface area contributed by atoms with E-state index in [1.54, 1.807) is 0 Å². The SMILES string of the molecule is C.CC(C)COCCC(=O)OC(C)C. The molecule has 0 bridgehead atoms. The molecule has 0 aliphatic rings. The van der Waals surface area contributed by atoms with Crippen molar-refractivity contribution in [3.8, 4) is 0 Å². The maximum atomic E-state index is 11.0. The minimum absolute atomic E-state index is 0. The summed E-state index contributed by atoms with van der Waals surface area (Å²) in [5, 5.41) is 0. The van der Waals surface area contributed by atoms with Crippen molar-refractivity contribution in [2.75, 3.05) is 13.2 Å². The summed E-state index contributed by atoms with van der Waals surface area (Å²) in [5.41, 5.74) is 0. The minimum Gasteiger partial charge on any atom is -0.463 e. The zero-order valence-electron chi connectivity index (χ0n) is 9.00. The third-order valence-corrected chi connectivity index (χ3v) is 1.27. The molecule has 0 unspecified atom stereocenters. The monoisotopic (exact) mass is 204 g/mol. The highest BCUT2D eigenvalue weighted by Gasteiger charge is 2.04. The second kappa shape index (κ2) is 9.00. The van der Waals surface area contributed by atoms with Crippen LogP contribution in [0.4, 0.5) is 0 Å². The van der Waals surface area contributed by atoms with Gasteiger partial charge in [-0.15, -0.1) is 0 Å². The number of rotatable bonds is 6. The molecule has 0 aliphatic carbocycles. The average Bonchev–Trinajstić information content (AvgIpc) is 1.96. The second-order valence-corrected chi connectivity index (χ2v) is 3.76. The lowest BCUT2D eigenvalue weighted by Crippen LogP contribution is -2.14. The summed E-state index contributed by atoms with van der Waals surface area (Å²) < 4.78 is 10.2. The number of esters is 1. The van der Waals surface area contributed by atoms with Crippen LogP contribution in [-0.4, -0.2) is 25.3 Å². The van der Waals surface area contributed by atoms with Crippen LogP contribution in [0.2, 0.25) is 0 Å². The van der Waals surface area contributed by atoms with Gasteiger partial charge in [0.15, 0.2) is 0 Å². The van der Waals surface area contributed by atoms with Gasteiger partial charge in [0.2, 0.25) is 0 Å². The normalized spacial score (nSPS) is 10.1. The maximum absolute atomic E-state index is 11.0. The first kappa shape index (κ1) is 15.9. The Hall–Kier alpha value is -0.570. The molecule has 0 saturated heterocycles. The highest BCUT2D eigenvalue weighted by atomic mass is 16.5. The molecule has 86 valence electrons. The zero-order chi connectivity index (χ0) is 10.3. The Morgan fingerprint density at radius 3 is 2.21 bits per heavy atom. The number of hydrogen-bond acceptors (Lipinski definition) is 3. The molecule has 0 spiro atoms. The maximum Gasteiger partial charge on any atom is 0.308 e. The molecule has 3 nitrogen and oxygen atoms in total. The summed E-state index contributed by atoms with van der Waals surface area (Å²) in [4.78, 5) is 11.0. The Balaban J connectivity index is 0. The van der Waals surface area contributed by atoms with Crippen molar-refractivity contribution in [2.24, 2.45) is 5.92 Å². The molecular formula is C11H24O3. The molecule has 0 saturated carbocycles. The van der Waals surface area contributed by atoms with E-state index in [0.29, 0.717) is 25.6 Å². The van der Waals surface area contributed by atoms with Crippen LogP contribution in [0.3, 0.4) is 0 Å². The predicted molar refractivity (Wildman–Crippen MR) is 58.2 cm³/mol. The summed E-state index contributed by atoms with van der Waals surface area (Å²) in [7, 11) is 0. The van der Waals surface area contributed by atoms with Crippen molar-refractivity contribution >= 4 is 5.97 Å². The van der Waals surface area contributed by atoms with Crippen LogP contribution >= 0.6 is 0 Å². The van der Waals surface area contributed by atoms with Crippen molar-refractivity contribution in [3.05, 3.63) is 0 Å². The molecule has 0 aromatic heterocycles. The van der Waals surface area contributed by atoms with Crippen molar-refractivity contribution in [1.82, 2.24) is 0 Å². The van der Waals surface area contributed by atoms with E-state index < -0.39 is 0 Å². The van der Waals surface area contributed by atoms with Gasteiger partial charge in [0.1, 0.15) is 0 Å². The molecule has 0 heterocycles. The molecule has 0 atom stereocenters. The highest BCUT2D eigenvalue weighted by molar-refractivity contribution is 5.69. The zero-order valence-corrected chi connectivity index (χ0v) is 9.00. The van der Waals surface area contributed by atoms with E-state index in [2.05, 4.69) is 13.8 Å². The lowest BCUT2D eigenvalue weighted by molar-refractivity contribution is -0.148. The first-order valence-corrected chi connectivity index (χ1v) is 4.79. The van der Waals surface area contributed by atoms with Crippen molar-refractivity contribution in [2.45, 2.75) is 47.6 Å². The summed E-state index contributed by atoms with van der Waals surface area (Å²) in [6.45, 7) is 9.00. The van der Waals surface area contributed by atoms with Crippen LogP contribution in [0.25, 0.3) is 0 Å². The quantitative estimate of drug-likeness (QED) is 0.493. The fourth-order valence-electron chi connectivity index (χ4n) is 0.796. The van der Waals surface area contributed by atoms with Gasteiger partial charge in [-0.2, -0.15) is 0 Å². The van der Waals surface area contributed by atoms with Gasteiger partial charge in [0.05, 0.1) is 19.1 Å². The number of carbonyl (C=O) groups is 1. The van der Waals surface area contributed by atoms with Crippen molar-refractivity contribution in [1.29, 1.82) is 0 Å². The molecule has 3 heteroatoms. The highest BCUT2D eigenvalue weighted by Crippen LogP contribution is 1.96. The Morgan fingerprint density at radius 1 is 1.21 bits per heavy atom. The first-order valence-electron chi connectivity index (χ1n) is 4.79. The van der Waals surface area contributed by atoms with Gasteiger partial charge in [-0.3, -0.25) is 4.79 Å². The molecule has 0 radical (unpaired) electrons. The largest absolute Gasteiger partial charge is 0.463 e. The van der Waals surface area contributed by atoms with E-state index in [9.17, 15) is 4.79 Å². The van der Waals surface area contributed by atoms with Gasteiger partial charge in [0, 0.05) is 6.61 Å². The Bertz CT molecular complexity index is 141. The van der Waals surface area contributed by atoms with Crippen LogP contribution in [0.5, 0.6) is 0 Å². The lowest BCUT2D eigenvalue weighted by atomic mass is 10.2. The average molecular weight is 204 g/mol. The van der Waals surface area contributed by atoms with Crippen LogP contribution in [0.15, 0.2) is 0 Å².